The van der Waals surface area contributed by atoms with Crippen molar-refractivity contribution in [2.24, 2.45) is 7.05 Å². The number of aromatic amines is 1. The van der Waals surface area contributed by atoms with Crippen molar-refractivity contribution >= 4 is 23.1 Å². The van der Waals surface area contributed by atoms with E-state index in [1.165, 1.54) is 0 Å². The molecule has 4 heterocycles. The molecule has 0 aliphatic carbocycles. The number of benzene rings is 1. The van der Waals surface area contributed by atoms with Crippen LogP contribution in [0.15, 0.2) is 24.4 Å². The van der Waals surface area contributed by atoms with Crippen LogP contribution in [0.5, 0.6) is 11.8 Å². The summed E-state index contributed by atoms with van der Waals surface area (Å²) in [6.45, 7) is 13.7. The molecule has 2 atom stereocenters. The molecule has 39 heavy (non-hydrogen) atoms. The van der Waals surface area contributed by atoms with Crippen molar-refractivity contribution in [1.29, 1.82) is 0 Å². The van der Waals surface area contributed by atoms with Gasteiger partial charge in [0.05, 0.1) is 53.0 Å². The van der Waals surface area contributed by atoms with E-state index in [1.807, 2.05) is 56.9 Å². The standard InChI is InChI=1S/C29H39N7O3/c1-17(2)35-14-20(6)39-29-24(13-30-34(29)7)21-8-10-25-23(12-21)26(32-31-25)11-9-22-27(15-35)36(19(5)16-37)33-28(22)38-18(3)4/h8-13,17-20,37H,14-16H2,1-7H3,(H,31,32)/b11-9+/t19-,20+/m0/s1. The summed E-state index contributed by atoms with van der Waals surface area (Å²) in [5.74, 6) is 1.28. The minimum absolute atomic E-state index is 0.0304. The molecule has 0 radical (unpaired) electrons. The first-order valence-electron chi connectivity index (χ1n) is 13.6. The van der Waals surface area contributed by atoms with Gasteiger partial charge in [-0.3, -0.25) is 14.7 Å². The van der Waals surface area contributed by atoms with Gasteiger partial charge in [0.1, 0.15) is 6.10 Å². The molecule has 10 heteroatoms. The molecule has 3 aromatic heterocycles. The van der Waals surface area contributed by atoms with Gasteiger partial charge in [0.25, 0.3) is 0 Å². The molecule has 1 aliphatic heterocycles. The fraction of sp³-hybridized carbons (Fsp3) is 0.483. The van der Waals surface area contributed by atoms with Crippen molar-refractivity contribution in [2.75, 3.05) is 13.2 Å². The smallest absolute Gasteiger partial charge is 0.240 e. The Bertz CT molecular complexity index is 1480. The highest BCUT2D eigenvalue weighted by Crippen LogP contribution is 2.35. The highest BCUT2D eigenvalue weighted by molar-refractivity contribution is 5.93. The summed E-state index contributed by atoms with van der Waals surface area (Å²) in [6, 6.07) is 6.21. The van der Waals surface area contributed by atoms with Crippen LogP contribution in [0.3, 0.4) is 0 Å². The van der Waals surface area contributed by atoms with Gasteiger partial charge in [-0.15, -0.1) is 5.10 Å². The van der Waals surface area contributed by atoms with Crippen molar-refractivity contribution in [3.8, 4) is 22.9 Å². The lowest BCUT2D eigenvalue weighted by atomic mass is 10.0. The molecule has 0 spiro atoms. The predicted molar refractivity (Wildman–Crippen MR) is 153 cm³/mol. The summed E-state index contributed by atoms with van der Waals surface area (Å²) in [7, 11) is 1.90. The number of aromatic nitrogens is 6. The van der Waals surface area contributed by atoms with Crippen LogP contribution in [0.25, 0.3) is 34.2 Å². The number of aliphatic hydroxyl groups excluding tert-OH is 1. The third-order valence-electron chi connectivity index (χ3n) is 7.13. The van der Waals surface area contributed by atoms with E-state index in [2.05, 4.69) is 53.1 Å². The first-order chi connectivity index (χ1) is 18.7. The normalized spacial score (nSPS) is 18.1. The Balaban J connectivity index is 1.73. The number of ether oxygens (including phenoxy) is 2. The largest absolute Gasteiger partial charge is 0.473 e. The molecule has 10 nitrogen and oxygen atoms in total. The van der Waals surface area contributed by atoms with E-state index in [0.29, 0.717) is 19.0 Å². The first-order valence-corrected chi connectivity index (χ1v) is 13.6. The highest BCUT2D eigenvalue weighted by atomic mass is 16.5. The molecule has 0 saturated heterocycles. The number of fused-ring (bicyclic) bond motifs is 4. The maximum absolute atomic E-state index is 10.1. The quantitative estimate of drug-likeness (QED) is 0.384. The second kappa shape index (κ2) is 10.9. The lowest BCUT2D eigenvalue weighted by Gasteiger charge is -2.30. The number of aryl methyl sites for hydroxylation is 1. The van der Waals surface area contributed by atoms with Gasteiger partial charge >= 0.3 is 0 Å². The van der Waals surface area contributed by atoms with Crippen LogP contribution < -0.4 is 9.47 Å². The number of rotatable bonds is 5. The van der Waals surface area contributed by atoms with Crippen molar-refractivity contribution < 1.29 is 14.6 Å². The average Bonchev–Trinajstić information content (AvgIpc) is 3.56. The molecular formula is C29H39N7O3. The van der Waals surface area contributed by atoms with Gasteiger partial charge in [-0.25, -0.2) is 4.68 Å². The van der Waals surface area contributed by atoms with E-state index >= 15 is 0 Å². The first kappa shape index (κ1) is 27.0. The minimum atomic E-state index is -0.214. The highest BCUT2D eigenvalue weighted by Gasteiger charge is 2.26. The molecule has 4 aromatic rings. The number of H-pyrrole nitrogens is 1. The Morgan fingerprint density at radius 1 is 1.18 bits per heavy atom. The van der Waals surface area contributed by atoms with Crippen LogP contribution in [0.1, 0.15) is 64.5 Å². The minimum Gasteiger partial charge on any atom is -0.473 e. The van der Waals surface area contributed by atoms with Crippen LogP contribution in [0.2, 0.25) is 0 Å². The van der Waals surface area contributed by atoms with Gasteiger partial charge in [-0.05, 0) is 71.4 Å². The van der Waals surface area contributed by atoms with E-state index < -0.39 is 0 Å². The zero-order chi connectivity index (χ0) is 27.8. The van der Waals surface area contributed by atoms with Crippen molar-refractivity contribution in [3.63, 3.8) is 0 Å². The van der Waals surface area contributed by atoms with E-state index in [0.717, 1.165) is 44.9 Å². The van der Waals surface area contributed by atoms with Crippen LogP contribution in [-0.4, -0.2) is 71.2 Å². The molecule has 0 fully saturated rings. The molecule has 2 bridgehead atoms. The Morgan fingerprint density at radius 3 is 2.69 bits per heavy atom. The van der Waals surface area contributed by atoms with E-state index in [9.17, 15) is 5.11 Å². The average molecular weight is 534 g/mol. The topological polar surface area (TPSA) is 106 Å². The fourth-order valence-electron chi connectivity index (χ4n) is 5.00. The number of nitrogens with one attached hydrogen (secondary N) is 1. The van der Waals surface area contributed by atoms with Gasteiger partial charge in [-0.2, -0.15) is 10.2 Å². The molecule has 2 N–H and O–H groups in total. The molecule has 1 aromatic carbocycles. The van der Waals surface area contributed by atoms with Gasteiger partial charge in [0.15, 0.2) is 0 Å². The maximum Gasteiger partial charge on any atom is 0.240 e. The van der Waals surface area contributed by atoms with Crippen LogP contribution in [0.4, 0.5) is 0 Å². The Morgan fingerprint density at radius 2 is 1.97 bits per heavy atom. The second-order valence-electron chi connectivity index (χ2n) is 10.9. The monoisotopic (exact) mass is 533 g/mol. The Hall–Kier alpha value is -3.63. The summed E-state index contributed by atoms with van der Waals surface area (Å²) in [5.41, 5.74) is 5.58. The number of nitrogens with zero attached hydrogens (tertiary/aromatic N) is 6. The number of hydrogen-bond donors (Lipinski definition) is 2. The molecule has 0 saturated carbocycles. The SMILES string of the molecule is CC(C)Oc1nn([C@@H](C)CO)c2c1/C=C/c1[nH]nc3ccc(cc13)-c1cnn(C)c1O[C@H](C)CN(C(C)C)C2. The lowest BCUT2D eigenvalue weighted by molar-refractivity contribution is 0.108. The summed E-state index contributed by atoms with van der Waals surface area (Å²) in [4.78, 5) is 2.36. The van der Waals surface area contributed by atoms with E-state index in [1.54, 1.807) is 4.68 Å². The summed E-state index contributed by atoms with van der Waals surface area (Å²) in [6.07, 6.45) is 5.77. The molecule has 0 amide bonds. The van der Waals surface area contributed by atoms with E-state index in [4.69, 9.17) is 14.6 Å². The molecule has 1 aliphatic rings. The third-order valence-corrected chi connectivity index (χ3v) is 7.13. The molecule has 0 unspecified atom stereocenters. The zero-order valence-electron chi connectivity index (χ0n) is 23.8. The van der Waals surface area contributed by atoms with Crippen molar-refractivity contribution in [1.82, 2.24) is 34.7 Å². The van der Waals surface area contributed by atoms with Gasteiger partial charge < -0.3 is 14.6 Å². The fourth-order valence-corrected chi connectivity index (χ4v) is 5.00. The zero-order valence-corrected chi connectivity index (χ0v) is 23.8. The van der Waals surface area contributed by atoms with E-state index in [-0.39, 0.29) is 30.9 Å². The van der Waals surface area contributed by atoms with Crippen LogP contribution >= 0.6 is 0 Å². The number of aliphatic hydroxyl groups is 1. The van der Waals surface area contributed by atoms with Gasteiger partial charge in [0, 0.05) is 31.6 Å². The van der Waals surface area contributed by atoms with Crippen molar-refractivity contribution in [3.05, 3.63) is 41.3 Å². The third kappa shape index (κ3) is 5.31. The van der Waals surface area contributed by atoms with Crippen molar-refractivity contribution in [2.45, 2.75) is 72.4 Å². The summed E-state index contributed by atoms with van der Waals surface area (Å²) < 4.78 is 16.4. The molecule has 208 valence electrons. The second-order valence-corrected chi connectivity index (χ2v) is 10.9. The van der Waals surface area contributed by atoms with Gasteiger partial charge in [0.2, 0.25) is 11.8 Å². The predicted octanol–water partition coefficient (Wildman–Crippen LogP) is 4.66. The van der Waals surface area contributed by atoms with Crippen LogP contribution in [-0.2, 0) is 13.6 Å². The Labute approximate surface area is 229 Å². The summed E-state index contributed by atoms with van der Waals surface area (Å²) >= 11 is 0. The van der Waals surface area contributed by atoms with Gasteiger partial charge in [-0.1, -0.05) is 6.07 Å². The molecular weight excluding hydrogens is 494 g/mol. The molecule has 5 rings (SSSR count). The number of hydrogen-bond acceptors (Lipinski definition) is 7. The Kier molecular flexibility index (Phi) is 7.51. The van der Waals surface area contributed by atoms with Crippen LogP contribution in [0, 0.1) is 0 Å². The summed E-state index contributed by atoms with van der Waals surface area (Å²) in [5, 5.41) is 28.1. The maximum atomic E-state index is 10.1. The lowest BCUT2D eigenvalue weighted by Crippen LogP contribution is -2.39.